The zero-order valence-electron chi connectivity index (χ0n) is 14.7. The van der Waals surface area contributed by atoms with E-state index < -0.39 is 5.92 Å². The predicted molar refractivity (Wildman–Crippen MR) is 116 cm³/mol. The van der Waals surface area contributed by atoms with Crippen LogP contribution in [0.5, 0.6) is 0 Å². The molecular weight excluding hydrogens is 442 g/mol. The molecule has 1 fully saturated rings. The van der Waals surface area contributed by atoms with Gasteiger partial charge in [0.2, 0.25) is 0 Å². The van der Waals surface area contributed by atoms with E-state index in [0.717, 1.165) is 27.1 Å². The fourth-order valence-corrected chi connectivity index (χ4v) is 5.31. The molecule has 3 heterocycles. The Kier molecular flexibility index (Phi) is 4.92. The first-order valence-electron chi connectivity index (χ1n) is 8.32. The molecule has 1 aromatic carbocycles. The minimum atomic E-state index is -0.545. The minimum absolute atomic E-state index is 0.0339. The highest BCUT2D eigenvalue weighted by Gasteiger charge is 2.38. The highest BCUT2D eigenvalue weighted by molar-refractivity contribution is 9.10. The number of hydrogen-bond acceptors (Lipinski definition) is 5. The summed E-state index contributed by atoms with van der Waals surface area (Å²) in [5, 5.41) is 11.1. The van der Waals surface area contributed by atoms with Crippen LogP contribution in [0.15, 0.2) is 51.3 Å². The average Bonchev–Trinajstić information content (AvgIpc) is 3.31. The zero-order chi connectivity index (χ0) is 19.1. The number of hydrogen-bond donors (Lipinski definition) is 1. The number of benzene rings is 1. The van der Waals surface area contributed by atoms with E-state index in [0.29, 0.717) is 15.0 Å². The minimum Gasteiger partial charge on any atom is -0.318 e. The van der Waals surface area contributed by atoms with Gasteiger partial charge >= 0.3 is 0 Å². The van der Waals surface area contributed by atoms with E-state index in [1.807, 2.05) is 23.6 Å². The number of aryl methyl sites for hydroxylation is 1. The molecule has 4 nitrogen and oxygen atoms in total. The van der Waals surface area contributed by atoms with Crippen LogP contribution < -0.4 is 0 Å². The van der Waals surface area contributed by atoms with Crippen molar-refractivity contribution in [2.75, 3.05) is 0 Å². The summed E-state index contributed by atoms with van der Waals surface area (Å²) in [5.74, 6) is -0.579. The molecule has 1 saturated heterocycles. The summed E-state index contributed by atoms with van der Waals surface area (Å²) in [6.07, 6.45) is 3.59. The molecule has 0 saturated carbocycles. The van der Waals surface area contributed by atoms with Crippen LogP contribution in [0.2, 0.25) is 0 Å². The molecule has 0 radical (unpaired) electrons. The van der Waals surface area contributed by atoms with Crippen molar-refractivity contribution in [2.45, 2.75) is 19.8 Å². The molecule has 0 aliphatic carbocycles. The van der Waals surface area contributed by atoms with Gasteiger partial charge in [-0.15, -0.1) is 11.3 Å². The zero-order valence-corrected chi connectivity index (χ0v) is 17.9. The Labute approximate surface area is 174 Å². The second kappa shape index (κ2) is 7.22. The summed E-state index contributed by atoms with van der Waals surface area (Å²) in [6.45, 7) is 4.11. The summed E-state index contributed by atoms with van der Waals surface area (Å²) in [6, 6.07) is 10.2. The second-order valence-corrected chi connectivity index (χ2v) is 9.21. The number of nitrogens with zero attached hydrogens (tertiary/aromatic N) is 2. The standard InChI is InChI=1S/C20H16BrN3OS2/c1-11-9-13(12(2)24(11)15-5-3-14(21)4-6-15)10-16-18(25)17(19(22)27-16)20-23-7-8-26-20/h3-10,17,22H,1-2H3/b16-10-,22-19?/t17-/m1/s1. The number of halogens is 1. The van der Waals surface area contributed by atoms with Crippen molar-refractivity contribution in [3.05, 3.63) is 73.2 Å². The van der Waals surface area contributed by atoms with Gasteiger partial charge in [0.15, 0.2) is 5.78 Å². The van der Waals surface area contributed by atoms with Crippen molar-refractivity contribution in [1.82, 2.24) is 9.55 Å². The summed E-state index contributed by atoms with van der Waals surface area (Å²) in [5.41, 5.74) is 4.25. The van der Waals surface area contributed by atoms with E-state index in [2.05, 4.69) is 57.5 Å². The van der Waals surface area contributed by atoms with Crippen molar-refractivity contribution in [3.8, 4) is 5.69 Å². The largest absolute Gasteiger partial charge is 0.318 e. The predicted octanol–water partition coefficient (Wildman–Crippen LogP) is 5.73. The molecule has 27 heavy (non-hydrogen) atoms. The fraction of sp³-hybridized carbons (Fsp3) is 0.150. The smallest absolute Gasteiger partial charge is 0.186 e. The van der Waals surface area contributed by atoms with Crippen molar-refractivity contribution < 1.29 is 4.79 Å². The van der Waals surface area contributed by atoms with Gasteiger partial charge in [0, 0.05) is 33.1 Å². The summed E-state index contributed by atoms with van der Waals surface area (Å²) in [4.78, 5) is 17.7. The number of ketones is 1. The molecule has 0 bridgehead atoms. The van der Waals surface area contributed by atoms with Crippen LogP contribution in [-0.4, -0.2) is 20.4 Å². The Hall–Kier alpha value is -1.96. The molecule has 0 unspecified atom stereocenters. The lowest BCUT2D eigenvalue weighted by Crippen LogP contribution is -2.11. The number of thioether (sulfide) groups is 1. The number of carbonyl (C=O) groups excluding carboxylic acids is 1. The van der Waals surface area contributed by atoms with Crippen molar-refractivity contribution >= 4 is 55.9 Å². The van der Waals surface area contributed by atoms with Gasteiger partial charge in [0.05, 0.1) is 9.95 Å². The Morgan fingerprint density at radius 3 is 2.67 bits per heavy atom. The first-order valence-corrected chi connectivity index (χ1v) is 10.8. The topological polar surface area (TPSA) is 58.7 Å². The van der Waals surface area contributed by atoms with Crippen molar-refractivity contribution in [2.24, 2.45) is 0 Å². The maximum atomic E-state index is 12.9. The molecule has 1 aliphatic rings. The van der Waals surface area contributed by atoms with E-state index in [4.69, 9.17) is 5.41 Å². The van der Waals surface area contributed by atoms with Crippen LogP contribution in [-0.2, 0) is 4.79 Å². The van der Waals surface area contributed by atoms with Crippen LogP contribution in [0.25, 0.3) is 11.8 Å². The van der Waals surface area contributed by atoms with Gasteiger partial charge in [0.25, 0.3) is 0 Å². The third-order valence-electron chi connectivity index (χ3n) is 4.53. The lowest BCUT2D eigenvalue weighted by atomic mass is 10.1. The van der Waals surface area contributed by atoms with Crippen LogP contribution >= 0.6 is 39.0 Å². The van der Waals surface area contributed by atoms with Crippen LogP contribution in [0.1, 0.15) is 27.9 Å². The third-order valence-corrected chi connectivity index (χ3v) is 6.89. The molecule has 1 atom stereocenters. The quantitative estimate of drug-likeness (QED) is 0.510. The van der Waals surface area contributed by atoms with Gasteiger partial charge in [0.1, 0.15) is 10.9 Å². The number of rotatable bonds is 3. The lowest BCUT2D eigenvalue weighted by molar-refractivity contribution is -0.114. The van der Waals surface area contributed by atoms with Crippen LogP contribution in [0.3, 0.4) is 0 Å². The summed E-state index contributed by atoms with van der Waals surface area (Å²) < 4.78 is 3.21. The number of Topliss-reactive ketones (excluding diaryl/α,β-unsaturated/α-hetero) is 1. The van der Waals surface area contributed by atoms with Gasteiger partial charge in [-0.1, -0.05) is 27.7 Å². The normalized spacial score (nSPS) is 18.6. The molecular formula is C20H16BrN3OS2. The SMILES string of the molecule is Cc1cc(/C=C2\SC(=N)[C@H](c3nccs3)C2=O)c(C)n1-c1ccc(Br)cc1. The Morgan fingerprint density at radius 1 is 1.26 bits per heavy atom. The second-order valence-electron chi connectivity index (χ2n) is 6.28. The molecule has 1 aliphatic heterocycles. The van der Waals surface area contributed by atoms with Crippen LogP contribution in [0, 0.1) is 19.3 Å². The van der Waals surface area contributed by atoms with E-state index >= 15 is 0 Å². The van der Waals surface area contributed by atoms with Gasteiger partial charge in [-0.2, -0.15) is 0 Å². The highest BCUT2D eigenvalue weighted by Crippen LogP contribution is 2.41. The third kappa shape index (κ3) is 3.35. The summed E-state index contributed by atoms with van der Waals surface area (Å²) in [7, 11) is 0. The molecule has 0 spiro atoms. The molecule has 1 N–H and O–H groups in total. The maximum Gasteiger partial charge on any atom is 0.186 e. The number of aromatic nitrogens is 2. The van der Waals surface area contributed by atoms with Gasteiger partial charge in [-0.3, -0.25) is 10.2 Å². The Morgan fingerprint density at radius 2 is 2.00 bits per heavy atom. The Bertz CT molecular complexity index is 1070. The number of thiazole rings is 1. The average molecular weight is 458 g/mol. The monoisotopic (exact) mass is 457 g/mol. The first kappa shape index (κ1) is 18.4. The van der Waals surface area contributed by atoms with Gasteiger partial charge in [-0.05, 0) is 55.8 Å². The Balaban J connectivity index is 1.71. The van der Waals surface area contributed by atoms with Gasteiger partial charge < -0.3 is 4.57 Å². The molecule has 4 rings (SSSR count). The first-order chi connectivity index (χ1) is 13.0. The number of carbonyl (C=O) groups is 1. The summed E-state index contributed by atoms with van der Waals surface area (Å²) >= 11 is 6.13. The molecule has 2 aromatic heterocycles. The molecule has 136 valence electrons. The van der Waals surface area contributed by atoms with Crippen molar-refractivity contribution in [3.63, 3.8) is 0 Å². The van der Waals surface area contributed by atoms with Gasteiger partial charge in [-0.25, -0.2) is 4.98 Å². The maximum absolute atomic E-state index is 12.9. The van der Waals surface area contributed by atoms with Crippen LogP contribution in [0.4, 0.5) is 0 Å². The fourth-order valence-electron chi connectivity index (χ4n) is 3.25. The molecule has 3 aromatic rings. The van der Waals surface area contributed by atoms with Crippen molar-refractivity contribution in [1.29, 1.82) is 5.41 Å². The van der Waals surface area contributed by atoms with E-state index in [1.165, 1.54) is 23.1 Å². The van der Waals surface area contributed by atoms with E-state index in [-0.39, 0.29) is 5.78 Å². The van der Waals surface area contributed by atoms with E-state index in [1.54, 1.807) is 6.20 Å². The number of nitrogens with one attached hydrogen (secondary N) is 1. The lowest BCUT2D eigenvalue weighted by Gasteiger charge is -2.09. The molecule has 0 amide bonds. The number of allylic oxidation sites excluding steroid dienone is 1. The van der Waals surface area contributed by atoms with E-state index in [9.17, 15) is 4.79 Å². The highest BCUT2D eigenvalue weighted by atomic mass is 79.9. The molecule has 7 heteroatoms.